The summed E-state index contributed by atoms with van der Waals surface area (Å²) < 4.78 is 10.4. The quantitative estimate of drug-likeness (QED) is 0.153. The number of carbonyl (C=O) groups excluding carboxylic acids is 1. The van der Waals surface area contributed by atoms with Gasteiger partial charge in [0, 0.05) is 0 Å². The zero-order chi connectivity index (χ0) is 22.0. The smallest absolute Gasteiger partial charge is 0.395 e. The molecule has 2 rings (SSSR count). The summed E-state index contributed by atoms with van der Waals surface area (Å²) in [6.45, 7) is 2.28. The van der Waals surface area contributed by atoms with Gasteiger partial charge in [0.15, 0.2) is 0 Å². The minimum Gasteiger partial charge on any atom is -0.395 e. The Labute approximate surface area is 189 Å². The molecule has 170 valence electrons. The predicted molar refractivity (Wildman–Crippen MR) is 129 cm³/mol. The summed E-state index contributed by atoms with van der Waals surface area (Å²) in [5.41, 5.74) is 1.28. The molecule has 2 aromatic carbocycles. The third kappa shape index (κ3) is 12.2. The summed E-state index contributed by atoms with van der Waals surface area (Å²) in [5.74, 6) is 0.988. The van der Waals surface area contributed by atoms with Crippen LogP contribution in [-0.4, -0.2) is 6.16 Å². The van der Waals surface area contributed by atoms with E-state index in [1.165, 1.54) is 89.0 Å². The second-order valence-corrected chi connectivity index (χ2v) is 8.40. The molecule has 0 fully saturated rings. The Balaban J connectivity index is 1.46. The third-order valence-corrected chi connectivity index (χ3v) is 5.64. The maximum Gasteiger partial charge on any atom is 0.519 e. The molecule has 3 heteroatoms. The van der Waals surface area contributed by atoms with Crippen molar-refractivity contribution >= 4 is 6.16 Å². The lowest BCUT2D eigenvalue weighted by Gasteiger charge is -2.07. The molecule has 0 bridgehead atoms. The van der Waals surface area contributed by atoms with Gasteiger partial charge in [-0.25, -0.2) is 4.79 Å². The van der Waals surface area contributed by atoms with Crippen LogP contribution >= 0.6 is 0 Å². The molecule has 0 N–H and O–H groups in total. The van der Waals surface area contributed by atoms with Gasteiger partial charge in [-0.05, 0) is 42.7 Å². The van der Waals surface area contributed by atoms with E-state index in [1.807, 2.05) is 42.5 Å². The Kier molecular flexibility index (Phi) is 13.2. The normalized spacial score (nSPS) is 10.7. The van der Waals surface area contributed by atoms with Crippen molar-refractivity contribution in [1.82, 2.24) is 0 Å². The molecule has 0 aromatic heterocycles. The molecule has 3 nitrogen and oxygen atoms in total. The summed E-state index contributed by atoms with van der Waals surface area (Å²) >= 11 is 0. The number of hydrogen-bond acceptors (Lipinski definition) is 3. The van der Waals surface area contributed by atoms with Gasteiger partial charge in [0.2, 0.25) is 0 Å². The Morgan fingerprint density at radius 1 is 0.581 bits per heavy atom. The van der Waals surface area contributed by atoms with E-state index in [1.54, 1.807) is 12.1 Å². The maximum atomic E-state index is 11.8. The van der Waals surface area contributed by atoms with Crippen molar-refractivity contribution in [3.63, 3.8) is 0 Å². The number of para-hydroxylation sites is 1. The van der Waals surface area contributed by atoms with Crippen LogP contribution < -0.4 is 9.47 Å². The van der Waals surface area contributed by atoms with E-state index in [2.05, 4.69) is 6.92 Å². The first-order chi connectivity index (χ1) is 15.3. The zero-order valence-electron chi connectivity index (χ0n) is 19.3. The number of hydrogen-bond donors (Lipinski definition) is 0. The number of carbonyl (C=O) groups is 1. The molecule has 2 aromatic rings. The van der Waals surface area contributed by atoms with Crippen LogP contribution in [0.25, 0.3) is 0 Å². The van der Waals surface area contributed by atoms with Gasteiger partial charge >= 0.3 is 6.16 Å². The lowest BCUT2D eigenvalue weighted by atomic mass is 10.0. The van der Waals surface area contributed by atoms with E-state index in [0.717, 1.165) is 6.42 Å². The van der Waals surface area contributed by atoms with Gasteiger partial charge in [-0.2, -0.15) is 0 Å². The minimum absolute atomic E-state index is 0.478. The molecule has 0 saturated carbocycles. The highest BCUT2D eigenvalue weighted by Crippen LogP contribution is 2.17. The summed E-state index contributed by atoms with van der Waals surface area (Å²) in [7, 11) is 0. The molecule has 0 heterocycles. The molecule has 0 radical (unpaired) electrons. The molecular formula is C28H40O3. The van der Waals surface area contributed by atoms with Crippen LogP contribution in [0.1, 0.15) is 96.0 Å². The van der Waals surface area contributed by atoms with Gasteiger partial charge in [-0.15, -0.1) is 0 Å². The molecule has 0 aliphatic heterocycles. The van der Waals surface area contributed by atoms with Crippen LogP contribution in [0.15, 0.2) is 54.6 Å². The topological polar surface area (TPSA) is 35.5 Å². The summed E-state index contributed by atoms with van der Waals surface area (Å²) in [5, 5.41) is 0. The zero-order valence-corrected chi connectivity index (χ0v) is 19.3. The highest BCUT2D eigenvalue weighted by molar-refractivity contribution is 5.67. The molecule has 0 atom stereocenters. The van der Waals surface area contributed by atoms with Crippen LogP contribution in [0.3, 0.4) is 0 Å². The third-order valence-electron chi connectivity index (χ3n) is 5.64. The van der Waals surface area contributed by atoms with Crippen molar-refractivity contribution in [1.29, 1.82) is 0 Å². The number of aryl methyl sites for hydroxylation is 1. The average Bonchev–Trinajstić information content (AvgIpc) is 2.78. The fourth-order valence-corrected chi connectivity index (χ4v) is 3.77. The fraction of sp³-hybridized carbons (Fsp3) is 0.536. The molecule has 0 spiro atoms. The van der Waals surface area contributed by atoms with Crippen molar-refractivity contribution in [2.45, 2.75) is 96.8 Å². The second-order valence-electron chi connectivity index (χ2n) is 8.40. The Hall–Kier alpha value is -2.29. The van der Waals surface area contributed by atoms with Gasteiger partial charge in [-0.3, -0.25) is 0 Å². The van der Waals surface area contributed by atoms with Gasteiger partial charge in [0.25, 0.3) is 0 Å². The molecule has 31 heavy (non-hydrogen) atoms. The van der Waals surface area contributed by atoms with E-state index in [-0.39, 0.29) is 0 Å². The Morgan fingerprint density at radius 3 is 1.55 bits per heavy atom. The van der Waals surface area contributed by atoms with Crippen LogP contribution in [-0.2, 0) is 6.42 Å². The summed E-state index contributed by atoms with van der Waals surface area (Å²) in [6, 6.07) is 16.7. The van der Waals surface area contributed by atoms with E-state index in [4.69, 9.17) is 9.47 Å². The summed E-state index contributed by atoms with van der Waals surface area (Å²) in [6.07, 6.45) is 18.2. The Bertz CT molecular complexity index is 694. The fourth-order valence-electron chi connectivity index (χ4n) is 3.77. The van der Waals surface area contributed by atoms with Crippen LogP contribution in [0.4, 0.5) is 4.79 Å². The molecule has 0 aliphatic rings. The van der Waals surface area contributed by atoms with Gasteiger partial charge < -0.3 is 9.47 Å². The SMILES string of the molecule is CCCCCCCCCCCCCCCc1ccc(OC(=O)Oc2ccccc2)cc1. The first-order valence-electron chi connectivity index (χ1n) is 12.3. The van der Waals surface area contributed by atoms with E-state index in [0.29, 0.717) is 11.5 Å². The van der Waals surface area contributed by atoms with Crippen LogP contribution in [0.5, 0.6) is 11.5 Å². The largest absolute Gasteiger partial charge is 0.519 e. The highest BCUT2D eigenvalue weighted by atomic mass is 16.7. The maximum absolute atomic E-state index is 11.8. The van der Waals surface area contributed by atoms with Gasteiger partial charge in [0.1, 0.15) is 11.5 Å². The number of rotatable bonds is 16. The van der Waals surface area contributed by atoms with Crippen molar-refractivity contribution in [2.24, 2.45) is 0 Å². The lowest BCUT2D eigenvalue weighted by molar-refractivity contribution is 0.152. The van der Waals surface area contributed by atoms with Crippen molar-refractivity contribution in [2.75, 3.05) is 0 Å². The molecule has 0 aliphatic carbocycles. The number of unbranched alkanes of at least 4 members (excludes halogenated alkanes) is 12. The highest BCUT2D eigenvalue weighted by Gasteiger charge is 2.07. The monoisotopic (exact) mass is 424 g/mol. The number of ether oxygens (including phenoxy) is 2. The number of benzene rings is 2. The molecular weight excluding hydrogens is 384 g/mol. The van der Waals surface area contributed by atoms with E-state index < -0.39 is 6.16 Å². The van der Waals surface area contributed by atoms with E-state index >= 15 is 0 Å². The van der Waals surface area contributed by atoms with Crippen molar-refractivity contribution in [3.05, 3.63) is 60.2 Å². The summed E-state index contributed by atoms with van der Waals surface area (Å²) in [4.78, 5) is 11.8. The molecule has 0 amide bonds. The van der Waals surface area contributed by atoms with Crippen LogP contribution in [0.2, 0.25) is 0 Å². The molecule has 0 unspecified atom stereocenters. The second kappa shape index (κ2) is 16.4. The standard InChI is InChI=1S/C28H40O3/c1-2-3-4-5-6-7-8-9-10-11-12-13-15-18-25-21-23-27(24-22-25)31-28(29)30-26-19-16-14-17-20-26/h14,16-17,19-24H,2-13,15,18H2,1H3. The first-order valence-corrected chi connectivity index (χ1v) is 12.3. The Morgan fingerprint density at radius 2 is 1.03 bits per heavy atom. The van der Waals surface area contributed by atoms with Crippen molar-refractivity contribution < 1.29 is 14.3 Å². The van der Waals surface area contributed by atoms with Crippen molar-refractivity contribution in [3.8, 4) is 11.5 Å². The average molecular weight is 425 g/mol. The van der Waals surface area contributed by atoms with Gasteiger partial charge in [-0.1, -0.05) is 114 Å². The lowest BCUT2D eigenvalue weighted by Crippen LogP contribution is -2.13. The van der Waals surface area contributed by atoms with Gasteiger partial charge in [0.05, 0.1) is 0 Å². The van der Waals surface area contributed by atoms with E-state index in [9.17, 15) is 4.79 Å². The molecule has 0 saturated heterocycles. The first kappa shape index (κ1) is 25.0. The van der Waals surface area contributed by atoms with Crippen LogP contribution in [0, 0.1) is 0 Å². The predicted octanol–water partition coefficient (Wildman–Crippen LogP) is 8.90. The minimum atomic E-state index is -0.713.